The molecule has 0 radical (unpaired) electrons. The first-order chi connectivity index (χ1) is 11.2. The monoisotopic (exact) mass is 326 g/mol. The summed E-state index contributed by atoms with van der Waals surface area (Å²) in [5.41, 5.74) is 0. The lowest BCUT2D eigenvalue weighted by molar-refractivity contribution is -0.137. The third-order valence-corrected chi connectivity index (χ3v) is 4.89. The zero-order valence-corrected chi connectivity index (χ0v) is 16.0. The molecular formula is C21H42O2. The molecule has 2 nitrogen and oxygen atoms in total. The summed E-state index contributed by atoms with van der Waals surface area (Å²) in [5, 5.41) is 8.57. The normalized spacial score (nSPS) is 12.4. The smallest absolute Gasteiger partial charge is 0.303 e. The lowest BCUT2D eigenvalue weighted by Gasteiger charge is -2.11. The lowest BCUT2D eigenvalue weighted by Crippen LogP contribution is -1.96. The molecule has 0 aliphatic rings. The van der Waals surface area contributed by atoms with Crippen molar-refractivity contribution in [3.8, 4) is 0 Å². The van der Waals surface area contributed by atoms with Crippen LogP contribution in [0.15, 0.2) is 0 Å². The summed E-state index contributed by atoms with van der Waals surface area (Å²) in [6, 6.07) is 0. The van der Waals surface area contributed by atoms with Crippen molar-refractivity contribution in [3.05, 3.63) is 0 Å². The summed E-state index contributed by atoms with van der Waals surface area (Å²) in [6.45, 7) is 4.68. The zero-order valence-electron chi connectivity index (χ0n) is 16.0. The minimum atomic E-state index is -0.653. The van der Waals surface area contributed by atoms with Gasteiger partial charge in [-0.25, -0.2) is 0 Å². The van der Waals surface area contributed by atoms with Crippen LogP contribution in [-0.4, -0.2) is 11.1 Å². The quantitative estimate of drug-likeness (QED) is 0.267. The first kappa shape index (κ1) is 22.5. The van der Waals surface area contributed by atoms with Crippen LogP contribution < -0.4 is 0 Å². The van der Waals surface area contributed by atoms with E-state index in [1.165, 1.54) is 89.9 Å². The van der Waals surface area contributed by atoms with Gasteiger partial charge in [0, 0.05) is 6.42 Å². The number of rotatable bonds is 18. The largest absolute Gasteiger partial charge is 0.481 e. The fraction of sp³-hybridized carbons (Fsp3) is 0.952. The average molecular weight is 327 g/mol. The Morgan fingerprint density at radius 1 is 0.696 bits per heavy atom. The van der Waals surface area contributed by atoms with Crippen molar-refractivity contribution in [2.24, 2.45) is 5.92 Å². The highest BCUT2D eigenvalue weighted by molar-refractivity contribution is 5.66. The van der Waals surface area contributed by atoms with Gasteiger partial charge in [-0.3, -0.25) is 4.79 Å². The average Bonchev–Trinajstić information content (AvgIpc) is 2.52. The van der Waals surface area contributed by atoms with E-state index in [1.807, 2.05) is 0 Å². The van der Waals surface area contributed by atoms with Crippen molar-refractivity contribution in [1.82, 2.24) is 0 Å². The van der Waals surface area contributed by atoms with E-state index >= 15 is 0 Å². The number of hydrogen-bond donors (Lipinski definition) is 1. The van der Waals surface area contributed by atoms with Gasteiger partial charge in [-0.15, -0.1) is 0 Å². The van der Waals surface area contributed by atoms with E-state index in [-0.39, 0.29) is 0 Å². The molecule has 0 aliphatic heterocycles. The standard InChI is InChI=1S/C21H42O2/c1-3-4-5-6-7-8-9-11-14-17-20(2)18-15-12-10-13-16-19-21(22)23/h20H,3-19H2,1-2H3,(H,22,23). The summed E-state index contributed by atoms with van der Waals surface area (Å²) in [5.74, 6) is 0.221. The van der Waals surface area contributed by atoms with E-state index in [4.69, 9.17) is 5.11 Å². The minimum Gasteiger partial charge on any atom is -0.481 e. The highest BCUT2D eigenvalue weighted by atomic mass is 16.4. The van der Waals surface area contributed by atoms with Gasteiger partial charge in [0.15, 0.2) is 0 Å². The Hall–Kier alpha value is -0.530. The highest BCUT2D eigenvalue weighted by Crippen LogP contribution is 2.18. The van der Waals surface area contributed by atoms with Gasteiger partial charge in [0.2, 0.25) is 0 Å². The first-order valence-electron chi connectivity index (χ1n) is 10.4. The molecule has 0 rings (SSSR count). The predicted octanol–water partition coefficient (Wildman–Crippen LogP) is 7.36. The second kappa shape index (κ2) is 17.8. The number of unbranched alkanes of at least 4 members (excludes halogenated alkanes) is 12. The molecule has 2 heteroatoms. The molecule has 1 unspecified atom stereocenters. The predicted molar refractivity (Wildman–Crippen MR) is 101 cm³/mol. The Balaban J connectivity index is 3.16. The Kier molecular flexibility index (Phi) is 17.4. The molecule has 0 bridgehead atoms. The maximum absolute atomic E-state index is 10.4. The Morgan fingerprint density at radius 3 is 1.52 bits per heavy atom. The molecule has 0 spiro atoms. The van der Waals surface area contributed by atoms with E-state index in [1.54, 1.807) is 0 Å². The van der Waals surface area contributed by atoms with E-state index in [0.717, 1.165) is 18.8 Å². The maximum atomic E-state index is 10.4. The van der Waals surface area contributed by atoms with Crippen LogP contribution in [0.25, 0.3) is 0 Å². The lowest BCUT2D eigenvalue weighted by atomic mass is 9.96. The van der Waals surface area contributed by atoms with Gasteiger partial charge in [-0.2, -0.15) is 0 Å². The summed E-state index contributed by atoms with van der Waals surface area (Å²) < 4.78 is 0. The zero-order chi connectivity index (χ0) is 17.2. The second-order valence-electron chi connectivity index (χ2n) is 7.42. The van der Waals surface area contributed by atoms with E-state index < -0.39 is 5.97 Å². The van der Waals surface area contributed by atoms with Crippen LogP contribution in [-0.2, 0) is 4.79 Å². The maximum Gasteiger partial charge on any atom is 0.303 e. The number of carboxylic acid groups (broad SMARTS) is 1. The molecule has 0 aromatic rings. The van der Waals surface area contributed by atoms with Gasteiger partial charge < -0.3 is 5.11 Å². The van der Waals surface area contributed by atoms with Crippen molar-refractivity contribution in [2.45, 2.75) is 123 Å². The number of aliphatic carboxylic acids is 1. The minimum absolute atomic E-state index is 0.342. The second-order valence-corrected chi connectivity index (χ2v) is 7.42. The molecule has 1 atom stereocenters. The topological polar surface area (TPSA) is 37.3 Å². The van der Waals surface area contributed by atoms with E-state index in [0.29, 0.717) is 6.42 Å². The van der Waals surface area contributed by atoms with Crippen LogP contribution in [0, 0.1) is 5.92 Å². The van der Waals surface area contributed by atoms with Crippen LogP contribution in [0.2, 0.25) is 0 Å². The van der Waals surface area contributed by atoms with Crippen molar-refractivity contribution in [2.75, 3.05) is 0 Å². The fourth-order valence-corrected chi connectivity index (χ4v) is 3.25. The van der Waals surface area contributed by atoms with E-state index in [2.05, 4.69) is 13.8 Å². The van der Waals surface area contributed by atoms with Crippen molar-refractivity contribution >= 4 is 5.97 Å². The third-order valence-electron chi connectivity index (χ3n) is 4.89. The summed E-state index contributed by atoms with van der Waals surface area (Å²) >= 11 is 0. The van der Waals surface area contributed by atoms with Gasteiger partial charge in [0.1, 0.15) is 0 Å². The van der Waals surface area contributed by atoms with Crippen LogP contribution in [0.3, 0.4) is 0 Å². The van der Waals surface area contributed by atoms with Crippen molar-refractivity contribution < 1.29 is 9.90 Å². The molecule has 23 heavy (non-hydrogen) atoms. The molecule has 0 amide bonds. The van der Waals surface area contributed by atoms with Crippen LogP contribution in [0.5, 0.6) is 0 Å². The molecule has 0 aliphatic carbocycles. The first-order valence-corrected chi connectivity index (χ1v) is 10.4. The van der Waals surface area contributed by atoms with Crippen molar-refractivity contribution in [3.63, 3.8) is 0 Å². The third kappa shape index (κ3) is 19.4. The molecular weight excluding hydrogens is 284 g/mol. The molecule has 0 fully saturated rings. The molecule has 138 valence electrons. The Bertz CT molecular complexity index is 250. The van der Waals surface area contributed by atoms with Crippen LogP contribution >= 0.6 is 0 Å². The van der Waals surface area contributed by atoms with Gasteiger partial charge in [-0.05, 0) is 12.3 Å². The van der Waals surface area contributed by atoms with E-state index in [9.17, 15) is 4.79 Å². The van der Waals surface area contributed by atoms with Gasteiger partial charge in [0.25, 0.3) is 0 Å². The van der Waals surface area contributed by atoms with Gasteiger partial charge in [0.05, 0.1) is 0 Å². The number of hydrogen-bond acceptors (Lipinski definition) is 1. The number of carbonyl (C=O) groups is 1. The highest BCUT2D eigenvalue weighted by Gasteiger charge is 2.02. The fourth-order valence-electron chi connectivity index (χ4n) is 3.25. The molecule has 0 saturated carbocycles. The number of carboxylic acids is 1. The van der Waals surface area contributed by atoms with Crippen molar-refractivity contribution in [1.29, 1.82) is 0 Å². The van der Waals surface area contributed by atoms with Gasteiger partial charge in [-0.1, -0.05) is 110 Å². The van der Waals surface area contributed by atoms with Gasteiger partial charge >= 0.3 is 5.97 Å². The molecule has 0 aromatic heterocycles. The summed E-state index contributed by atoms with van der Waals surface area (Å²) in [4.78, 5) is 10.4. The molecule has 0 heterocycles. The Labute approximate surface area is 145 Å². The summed E-state index contributed by atoms with van der Waals surface area (Å²) in [6.07, 6.45) is 21.6. The van der Waals surface area contributed by atoms with Crippen LogP contribution in [0.1, 0.15) is 123 Å². The summed E-state index contributed by atoms with van der Waals surface area (Å²) in [7, 11) is 0. The SMILES string of the molecule is CCCCCCCCCCCC(C)CCCCCCCC(=O)O. The molecule has 0 saturated heterocycles. The van der Waals surface area contributed by atoms with Crippen LogP contribution in [0.4, 0.5) is 0 Å². The molecule has 1 N–H and O–H groups in total. The molecule has 0 aromatic carbocycles. The Morgan fingerprint density at radius 2 is 1.09 bits per heavy atom.